The largest absolute Gasteiger partial charge is 0.494 e. The lowest BCUT2D eigenvalue weighted by Crippen LogP contribution is -2.22. The molecular formula is C15H22O4S. The quantitative estimate of drug-likeness (QED) is 0.692. The Morgan fingerprint density at radius 2 is 1.80 bits per heavy atom. The molecule has 5 heteroatoms. The highest BCUT2D eigenvalue weighted by Crippen LogP contribution is 2.14. The Labute approximate surface area is 121 Å². The maximum Gasteiger partial charge on any atom is 0.177 e. The first-order valence-electron chi connectivity index (χ1n) is 6.84. The first kappa shape index (κ1) is 16.7. The molecule has 0 aliphatic heterocycles. The average molecular weight is 298 g/mol. The summed E-state index contributed by atoms with van der Waals surface area (Å²) in [5.41, 5.74) is 0.404. The van der Waals surface area contributed by atoms with Gasteiger partial charge in [0.25, 0.3) is 0 Å². The van der Waals surface area contributed by atoms with Gasteiger partial charge in [-0.15, -0.1) is 0 Å². The third-order valence-corrected chi connectivity index (χ3v) is 4.85. The second kappa shape index (κ2) is 7.43. The zero-order chi connectivity index (χ0) is 15.2. The highest BCUT2D eigenvalue weighted by atomic mass is 32.2. The summed E-state index contributed by atoms with van der Waals surface area (Å²) < 4.78 is 29.1. The molecule has 1 atom stereocenters. The summed E-state index contributed by atoms with van der Waals surface area (Å²) in [4.78, 5) is 12.0. The van der Waals surface area contributed by atoms with Crippen LogP contribution < -0.4 is 4.74 Å². The lowest BCUT2D eigenvalue weighted by molar-refractivity contribution is 0.102. The Hall–Kier alpha value is -1.36. The molecule has 0 fully saturated rings. The Morgan fingerprint density at radius 3 is 2.30 bits per heavy atom. The number of ketones is 1. The van der Waals surface area contributed by atoms with Crippen LogP contribution >= 0.6 is 0 Å². The summed E-state index contributed by atoms with van der Waals surface area (Å²) in [5.74, 6) is 0.0217. The molecular weight excluding hydrogens is 276 g/mol. The minimum absolute atomic E-state index is 0.0618. The standard InChI is InChI=1S/C15H22O4S/c1-4-12(3)10-20(17,18)11-15(16)13-6-8-14(9-7-13)19-5-2/h6-9,12H,4-5,10-11H2,1-3H3. The highest BCUT2D eigenvalue weighted by molar-refractivity contribution is 7.92. The number of hydrogen-bond donors (Lipinski definition) is 0. The first-order valence-corrected chi connectivity index (χ1v) is 8.66. The van der Waals surface area contributed by atoms with E-state index in [0.717, 1.165) is 6.42 Å². The van der Waals surface area contributed by atoms with Crippen molar-refractivity contribution < 1.29 is 17.9 Å². The number of benzene rings is 1. The Kier molecular flexibility index (Phi) is 6.20. The van der Waals surface area contributed by atoms with Crippen molar-refractivity contribution >= 4 is 15.6 Å². The first-order chi connectivity index (χ1) is 9.38. The van der Waals surface area contributed by atoms with Crippen molar-refractivity contribution in [1.82, 2.24) is 0 Å². The molecule has 0 spiro atoms. The third kappa shape index (κ3) is 5.33. The molecule has 0 saturated carbocycles. The van der Waals surface area contributed by atoms with E-state index in [2.05, 4.69) is 0 Å². The number of hydrogen-bond acceptors (Lipinski definition) is 4. The summed E-state index contributed by atoms with van der Waals surface area (Å²) in [6, 6.07) is 6.56. The summed E-state index contributed by atoms with van der Waals surface area (Å²) in [6.45, 7) is 6.24. The van der Waals surface area contributed by atoms with Crippen LogP contribution in [0, 0.1) is 5.92 Å². The van der Waals surface area contributed by atoms with E-state index in [9.17, 15) is 13.2 Å². The molecule has 0 saturated heterocycles. The van der Waals surface area contributed by atoms with Crippen molar-refractivity contribution in [2.24, 2.45) is 5.92 Å². The molecule has 0 aromatic heterocycles. The normalized spacial score (nSPS) is 12.9. The molecule has 0 bridgehead atoms. The molecule has 0 amide bonds. The molecule has 0 N–H and O–H groups in total. The van der Waals surface area contributed by atoms with Crippen molar-refractivity contribution in [3.8, 4) is 5.75 Å². The fourth-order valence-corrected chi connectivity index (χ4v) is 3.58. The van der Waals surface area contributed by atoms with E-state index in [-0.39, 0.29) is 17.5 Å². The van der Waals surface area contributed by atoms with Gasteiger partial charge < -0.3 is 4.74 Å². The molecule has 0 heterocycles. The van der Waals surface area contributed by atoms with E-state index in [0.29, 0.717) is 17.9 Å². The van der Waals surface area contributed by atoms with E-state index in [1.165, 1.54) is 0 Å². The van der Waals surface area contributed by atoms with Gasteiger partial charge in [0.1, 0.15) is 11.5 Å². The fourth-order valence-electron chi connectivity index (χ4n) is 1.80. The number of carbonyl (C=O) groups excluding carboxylic acids is 1. The van der Waals surface area contributed by atoms with Crippen LogP contribution in [0.4, 0.5) is 0 Å². The van der Waals surface area contributed by atoms with E-state index in [4.69, 9.17) is 4.74 Å². The average Bonchev–Trinajstić information content (AvgIpc) is 2.38. The van der Waals surface area contributed by atoms with E-state index in [1.807, 2.05) is 20.8 Å². The fraction of sp³-hybridized carbons (Fsp3) is 0.533. The molecule has 1 aromatic carbocycles. The van der Waals surface area contributed by atoms with Crippen molar-refractivity contribution in [3.05, 3.63) is 29.8 Å². The highest BCUT2D eigenvalue weighted by Gasteiger charge is 2.20. The minimum Gasteiger partial charge on any atom is -0.494 e. The number of rotatable bonds is 8. The topological polar surface area (TPSA) is 60.4 Å². The molecule has 1 unspecified atom stereocenters. The van der Waals surface area contributed by atoms with Gasteiger partial charge in [0, 0.05) is 5.56 Å². The SMILES string of the molecule is CCOc1ccc(C(=O)CS(=O)(=O)CC(C)CC)cc1. The molecule has 0 aliphatic carbocycles. The van der Waals surface area contributed by atoms with Crippen LogP contribution in [-0.2, 0) is 9.84 Å². The number of Topliss-reactive ketones (excluding diaryl/α,β-unsaturated/α-hetero) is 1. The number of carbonyl (C=O) groups is 1. The predicted octanol–water partition coefficient (Wildman–Crippen LogP) is 2.73. The molecule has 1 rings (SSSR count). The van der Waals surface area contributed by atoms with Crippen LogP contribution in [-0.4, -0.2) is 32.3 Å². The van der Waals surface area contributed by atoms with Crippen molar-refractivity contribution in [2.45, 2.75) is 27.2 Å². The zero-order valence-corrected chi connectivity index (χ0v) is 13.1. The summed E-state index contributed by atoms with van der Waals surface area (Å²) in [5, 5.41) is 0. The zero-order valence-electron chi connectivity index (χ0n) is 12.3. The third-order valence-electron chi connectivity index (χ3n) is 3.07. The smallest absolute Gasteiger partial charge is 0.177 e. The number of ether oxygens (including phenoxy) is 1. The Balaban J connectivity index is 2.71. The molecule has 20 heavy (non-hydrogen) atoms. The minimum atomic E-state index is -3.34. The summed E-state index contributed by atoms with van der Waals surface area (Å²) in [7, 11) is -3.34. The van der Waals surface area contributed by atoms with Crippen LogP contribution in [0.3, 0.4) is 0 Å². The van der Waals surface area contributed by atoms with E-state index in [1.54, 1.807) is 24.3 Å². The van der Waals surface area contributed by atoms with Gasteiger partial charge in [0.15, 0.2) is 15.6 Å². The van der Waals surface area contributed by atoms with Gasteiger partial charge in [-0.2, -0.15) is 0 Å². The monoisotopic (exact) mass is 298 g/mol. The van der Waals surface area contributed by atoms with Gasteiger partial charge in [-0.1, -0.05) is 20.3 Å². The van der Waals surface area contributed by atoms with Crippen LogP contribution in [0.5, 0.6) is 5.75 Å². The lowest BCUT2D eigenvalue weighted by atomic mass is 10.1. The molecule has 0 aliphatic rings. The summed E-state index contributed by atoms with van der Waals surface area (Å²) >= 11 is 0. The lowest BCUT2D eigenvalue weighted by Gasteiger charge is -2.09. The molecule has 0 radical (unpaired) electrons. The molecule has 1 aromatic rings. The van der Waals surface area contributed by atoms with Gasteiger partial charge in [-0.3, -0.25) is 4.79 Å². The second-order valence-corrected chi connectivity index (χ2v) is 7.06. The van der Waals surface area contributed by atoms with Crippen LogP contribution in [0.25, 0.3) is 0 Å². The predicted molar refractivity (Wildman–Crippen MR) is 80.1 cm³/mol. The van der Waals surface area contributed by atoms with Gasteiger partial charge in [0.05, 0.1) is 12.4 Å². The van der Waals surface area contributed by atoms with Crippen LogP contribution in [0.2, 0.25) is 0 Å². The van der Waals surface area contributed by atoms with Crippen molar-refractivity contribution in [2.75, 3.05) is 18.1 Å². The van der Waals surface area contributed by atoms with Crippen LogP contribution in [0.1, 0.15) is 37.6 Å². The van der Waals surface area contributed by atoms with Gasteiger partial charge in [-0.05, 0) is 37.1 Å². The van der Waals surface area contributed by atoms with E-state index < -0.39 is 15.6 Å². The second-order valence-electron chi connectivity index (χ2n) is 4.95. The Bertz CT molecular complexity index is 531. The molecule has 112 valence electrons. The maximum absolute atomic E-state index is 12.0. The summed E-state index contributed by atoms with van der Waals surface area (Å²) in [6.07, 6.45) is 0.788. The maximum atomic E-state index is 12.0. The van der Waals surface area contributed by atoms with Crippen LogP contribution in [0.15, 0.2) is 24.3 Å². The van der Waals surface area contributed by atoms with Gasteiger partial charge in [0.2, 0.25) is 0 Å². The molecule has 4 nitrogen and oxygen atoms in total. The van der Waals surface area contributed by atoms with Crippen molar-refractivity contribution in [1.29, 1.82) is 0 Å². The van der Waals surface area contributed by atoms with Crippen molar-refractivity contribution in [3.63, 3.8) is 0 Å². The van der Waals surface area contributed by atoms with E-state index >= 15 is 0 Å². The van der Waals surface area contributed by atoms with Gasteiger partial charge in [-0.25, -0.2) is 8.42 Å². The number of sulfone groups is 1. The Morgan fingerprint density at radius 1 is 1.20 bits per heavy atom. The van der Waals surface area contributed by atoms with Gasteiger partial charge >= 0.3 is 0 Å².